The molecule has 2 aromatic rings. The van der Waals surface area contributed by atoms with Gasteiger partial charge >= 0.3 is 5.97 Å². The first-order valence-electron chi connectivity index (χ1n) is 7.27. The second-order valence-corrected chi connectivity index (χ2v) is 5.55. The Morgan fingerprint density at radius 1 is 1.41 bits per heavy atom. The van der Waals surface area contributed by atoms with Gasteiger partial charge in [-0.1, -0.05) is 5.16 Å². The van der Waals surface area contributed by atoms with Gasteiger partial charge in [0.15, 0.2) is 11.5 Å². The van der Waals surface area contributed by atoms with Gasteiger partial charge in [-0.25, -0.2) is 4.79 Å². The largest absolute Gasteiger partial charge is 0.489 e. The fraction of sp³-hybridized carbons (Fsp3) is 0.375. The fourth-order valence-electron chi connectivity index (χ4n) is 2.62. The molecule has 1 aromatic heterocycles. The van der Waals surface area contributed by atoms with E-state index in [1.54, 1.807) is 0 Å². The van der Waals surface area contributed by atoms with Crippen LogP contribution in [0, 0.1) is 0 Å². The predicted molar refractivity (Wildman–Crippen MR) is 80.0 cm³/mol. The zero-order chi connectivity index (χ0) is 15.5. The van der Waals surface area contributed by atoms with Crippen LogP contribution in [0.2, 0.25) is 0 Å². The minimum absolute atomic E-state index is 0.0967. The maximum absolute atomic E-state index is 10.8. The van der Waals surface area contributed by atoms with Crippen molar-refractivity contribution in [1.82, 2.24) is 10.1 Å². The van der Waals surface area contributed by atoms with Crippen LogP contribution in [0.25, 0.3) is 11.3 Å². The summed E-state index contributed by atoms with van der Waals surface area (Å²) >= 11 is 0. The van der Waals surface area contributed by atoms with Gasteiger partial charge in [-0.3, -0.25) is 0 Å². The van der Waals surface area contributed by atoms with E-state index in [1.165, 1.54) is 6.07 Å². The summed E-state index contributed by atoms with van der Waals surface area (Å²) in [4.78, 5) is 13.1. The lowest BCUT2D eigenvalue weighted by atomic mass is 10.1. The lowest BCUT2D eigenvalue weighted by Crippen LogP contribution is -2.38. The Morgan fingerprint density at radius 3 is 2.82 bits per heavy atom. The van der Waals surface area contributed by atoms with Gasteiger partial charge in [0.25, 0.3) is 0 Å². The molecule has 0 radical (unpaired) electrons. The normalized spacial score (nSPS) is 19.0. The van der Waals surface area contributed by atoms with Crippen LogP contribution in [0.15, 0.2) is 34.9 Å². The first-order valence-corrected chi connectivity index (χ1v) is 7.27. The number of hydrogen-bond acceptors (Lipinski definition) is 5. The molecular weight excluding hydrogens is 284 g/mol. The lowest BCUT2D eigenvalue weighted by Gasteiger charge is -2.30. The number of ether oxygens (including phenoxy) is 1. The highest BCUT2D eigenvalue weighted by Gasteiger charge is 2.18. The molecule has 6 heteroatoms. The fourth-order valence-corrected chi connectivity index (χ4v) is 2.62. The van der Waals surface area contributed by atoms with Crippen molar-refractivity contribution >= 4 is 5.97 Å². The number of rotatable bonds is 4. The Morgan fingerprint density at radius 2 is 2.18 bits per heavy atom. The summed E-state index contributed by atoms with van der Waals surface area (Å²) in [7, 11) is 2.10. The second-order valence-electron chi connectivity index (χ2n) is 5.55. The number of piperidine rings is 1. The molecule has 1 saturated heterocycles. The third-order valence-electron chi connectivity index (χ3n) is 3.75. The molecule has 1 aliphatic heterocycles. The number of carboxylic acid groups (broad SMARTS) is 1. The summed E-state index contributed by atoms with van der Waals surface area (Å²) in [5.74, 6) is 0.139. The van der Waals surface area contributed by atoms with Gasteiger partial charge in [-0.2, -0.15) is 0 Å². The van der Waals surface area contributed by atoms with Crippen LogP contribution in [0.4, 0.5) is 0 Å². The lowest BCUT2D eigenvalue weighted by molar-refractivity contribution is 0.0686. The van der Waals surface area contributed by atoms with Crippen molar-refractivity contribution in [1.29, 1.82) is 0 Å². The zero-order valence-corrected chi connectivity index (χ0v) is 12.4. The minimum Gasteiger partial charge on any atom is -0.489 e. The highest BCUT2D eigenvalue weighted by Crippen LogP contribution is 2.24. The molecular formula is C16H18N2O4. The smallest absolute Gasteiger partial charge is 0.358 e. The molecule has 0 saturated carbocycles. The van der Waals surface area contributed by atoms with Gasteiger partial charge in [-0.15, -0.1) is 0 Å². The molecule has 1 N–H and O–H groups in total. The Bertz CT molecular complexity index is 650. The van der Waals surface area contributed by atoms with E-state index in [2.05, 4.69) is 17.1 Å². The van der Waals surface area contributed by atoms with Gasteiger partial charge < -0.3 is 19.3 Å². The Hall–Kier alpha value is -2.34. The van der Waals surface area contributed by atoms with E-state index in [-0.39, 0.29) is 11.8 Å². The molecule has 2 heterocycles. The van der Waals surface area contributed by atoms with Crippen LogP contribution in [-0.2, 0) is 0 Å². The Labute approximate surface area is 128 Å². The number of carbonyl (C=O) groups is 1. The van der Waals surface area contributed by atoms with Crippen molar-refractivity contribution in [2.75, 3.05) is 20.1 Å². The van der Waals surface area contributed by atoms with Crippen LogP contribution in [-0.4, -0.2) is 47.4 Å². The number of aromatic nitrogens is 1. The third-order valence-corrected chi connectivity index (χ3v) is 3.75. The van der Waals surface area contributed by atoms with Crippen LogP contribution < -0.4 is 4.74 Å². The highest BCUT2D eigenvalue weighted by atomic mass is 16.5. The summed E-state index contributed by atoms with van der Waals surface area (Å²) in [6, 6.07) is 8.83. The molecule has 116 valence electrons. The highest BCUT2D eigenvalue weighted by molar-refractivity contribution is 5.86. The molecule has 0 aliphatic carbocycles. The van der Waals surface area contributed by atoms with Crippen LogP contribution in [0.5, 0.6) is 5.75 Å². The predicted octanol–water partition coefficient (Wildman–Crippen LogP) is 2.51. The monoisotopic (exact) mass is 302 g/mol. The van der Waals surface area contributed by atoms with E-state index >= 15 is 0 Å². The minimum atomic E-state index is -1.10. The molecule has 1 aliphatic rings. The molecule has 0 bridgehead atoms. The molecule has 1 aromatic carbocycles. The molecule has 0 amide bonds. The first kappa shape index (κ1) is 14.6. The Balaban J connectivity index is 1.68. The number of likely N-dealkylation sites (tertiary alicyclic amines) is 1. The Kier molecular flexibility index (Phi) is 4.11. The number of aromatic carboxylic acids is 1. The topological polar surface area (TPSA) is 75.8 Å². The number of carboxylic acids is 1. The van der Waals surface area contributed by atoms with E-state index < -0.39 is 5.97 Å². The average molecular weight is 302 g/mol. The zero-order valence-electron chi connectivity index (χ0n) is 12.4. The molecule has 1 unspecified atom stereocenters. The molecule has 0 spiro atoms. The number of benzene rings is 1. The van der Waals surface area contributed by atoms with Crippen molar-refractivity contribution in [2.24, 2.45) is 0 Å². The summed E-state index contributed by atoms with van der Waals surface area (Å²) in [5.41, 5.74) is 0.675. The van der Waals surface area contributed by atoms with E-state index in [1.807, 2.05) is 24.3 Å². The number of hydrogen-bond donors (Lipinski definition) is 1. The molecule has 6 nitrogen and oxygen atoms in total. The van der Waals surface area contributed by atoms with Gasteiger partial charge in [0.05, 0.1) is 0 Å². The van der Waals surface area contributed by atoms with Gasteiger partial charge in [-0.05, 0) is 50.7 Å². The second kappa shape index (κ2) is 6.19. The third kappa shape index (κ3) is 3.28. The average Bonchev–Trinajstić information content (AvgIpc) is 2.98. The van der Waals surface area contributed by atoms with E-state index in [9.17, 15) is 4.79 Å². The van der Waals surface area contributed by atoms with Gasteiger partial charge in [0, 0.05) is 18.2 Å². The van der Waals surface area contributed by atoms with Gasteiger partial charge in [0.2, 0.25) is 0 Å². The van der Waals surface area contributed by atoms with Crippen molar-refractivity contribution in [3.63, 3.8) is 0 Å². The van der Waals surface area contributed by atoms with Crippen LogP contribution in [0.3, 0.4) is 0 Å². The first-order chi connectivity index (χ1) is 10.6. The van der Waals surface area contributed by atoms with Crippen molar-refractivity contribution in [2.45, 2.75) is 18.9 Å². The standard InChI is InChI=1S/C16H18N2O4/c1-18-8-2-3-13(10-18)21-12-6-4-11(5-7-12)15-9-14(16(19)20)17-22-15/h4-7,9,13H,2-3,8,10H2,1H3,(H,19,20). The quantitative estimate of drug-likeness (QED) is 0.935. The van der Waals surface area contributed by atoms with E-state index in [0.717, 1.165) is 37.2 Å². The number of nitrogens with zero attached hydrogens (tertiary/aromatic N) is 2. The molecule has 22 heavy (non-hydrogen) atoms. The van der Waals surface area contributed by atoms with E-state index in [4.69, 9.17) is 14.4 Å². The van der Waals surface area contributed by atoms with Crippen LogP contribution in [0.1, 0.15) is 23.3 Å². The summed E-state index contributed by atoms with van der Waals surface area (Å²) in [6.45, 7) is 2.06. The molecule has 3 rings (SSSR count). The maximum atomic E-state index is 10.8. The van der Waals surface area contributed by atoms with E-state index in [0.29, 0.717) is 5.76 Å². The molecule has 1 atom stereocenters. The van der Waals surface area contributed by atoms with Crippen LogP contribution >= 0.6 is 0 Å². The SMILES string of the molecule is CN1CCCC(Oc2ccc(-c3cc(C(=O)O)no3)cc2)C1. The van der Waals surface area contributed by atoms with Gasteiger partial charge in [0.1, 0.15) is 11.9 Å². The molecule has 1 fully saturated rings. The number of likely N-dealkylation sites (N-methyl/N-ethyl adjacent to an activating group) is 1. The summed E-state index contributed by atoms with van der Waals surface area (Å²) < 4.78 is 11.0. The van der Waals surface area contributed by atoms with Crippen molar-refractivity contribution in [3.8, 4) is 17.1 Å². The summed E-state index contributed by atoms with van der Waals surface area (Å²) in [6.07, 6.45) is 2.43. The van der Waals surface area contributed by atoms with Crippen molar-refractivity contribution < 1.29 is 19.2 Å². The summed E-state index contributed by atoms with van der Waals surface area (Å²) in [5, 5.41) is 12.4. The van der Waals surface area contributed by atoms with Crippen molar-refractivity contribution in [3.05, 3.63) is 36.0 Å². The maximum Gasteiger partial charge on any atom is 0.358 e.